The Kier molecular flexibility index (Phi) is 8.94. The van der Waals surface area contributed by atoms with Crippen LogP contribution >= 0.6 is 15.9 Å². The molecule has 0 unspecified atom stereocenters. The van der Waals surface area contributed by atoms with Crippen molar-refractivity contribution < 1.29 is 23.8 Å². The number of rotatable bonds is 10. The van der Waals surface area contributed by atoms with E-state index in [0.717, 1.165) is 10.8 Å². The molecule has 4 aromatic carbocycles. The average molecular weight is 576 g/mol. The number of nitrogens with zero attached hydrogens (tertiary/aromatic N) is 1. The number of nitrogens with one attached hydrogen (secondary N) is 2. The minimum Gasteiger partial charge on any atom is -0.496 e. The van der Waals surface area contributed by atoms with Crippen molar-refractivity contribution in [1.82, 2.24) is 5.43 Å². The van der Waals surface area contributed by atoms with Crippen LogP contribution < -0.4 is 25.0 Å². The van der Waals surface area contributed by atoms with Gasteiger partial charge in [0.2, 0.25) is 0 Å². The Morgan fingerprint density at radius 3 is 2.29 bits per heavy atom. The lowest BCUT2D eigenvalue weighted by Crippen LogP contribution is -2.20. The summed E-state index contributed by atoms with van der Waals surface area (Å²) < 4.78 is 17.5. The van der Waals surface area contributed by atoms with Crippen LogP contribution in [0, 0.1) is 0 Å². The first kappa shape index (κ1) is 26.7. The molecule has 9 heteroatoms. The molecule has 0 aliphatic rings. The molecule has 0 radical (unpaired) electrons. The quantitative estimate of drug-likeness (QED) is 0.184. The Hall–Kier alpha value is -4.37. The van der Waals surface area contributed by atoms with E-state index in [1.54, 1.807) is 30.3 Å². The van der Waals surface area contributed by atoms with Crippen LogP contribution in [-0.2, 0) is 4.79 Å². The molecular weight excluding hydrogens is 550 g/mol. The molecule has 0 bridgehead atoms. The molecule has 0 spiro atoms. The van der Waals surface area contributed by atoms with Gasteiger partial charge in [0.05, 0.1) is 25.5 Å². The van der Waals surface area contributed by atoms with Gasteiger partial charge in [0.25, 0.3) is 11.8 Å². The molecule has 0 aromatic heterocycles. The zero-order chi connectivity index (χ0) is 26.9. The largest absolute Gasteiger partial charge is 0.496 e. The Balaban J connectivity index is 1.45. The average Bonchev–Trinajstić information content (AvgIpc) is 2.93. The van der Waals surface area contributed by atoms with Crippen LogP contribution in [0.2, 0.25) is 0 Å². The highest BCUT2D eigenvalue weighted by molar-refractivity contribution is 9.10. The molecular formula is C29H26BrN3O5. The first-order chi connectivity index (χ1) is 18.5. The molecule has 8 nitrogen and oxygen atoms in total. The van der Waals surface area contributed by atoms with E-state index < -0.39 is 5.91 Å². The van der Waals surface area contributed by atoms with Crippen molar-refractivity contribution in [3.05, 3.63) is 94.5 Å². The highest BCUT2D eigenvalue weighted by Crippen LogP contribution is 2.33. The number of hydrogen-bond donors (Lipinski definition) is 2. The predicted octanol–water partition coefficient (Wildman–Crippen LogP) is 5.79. The second-order valence-corrected chi connectivity index (χ2v) is 8.91. The van der Waals surface area contributed by atoms with Crippen molar-refractivity contribution in [2.24, 2.45) is 5.10 Å². The first-order valence-corrected chi connectivity index (χ1v) is 12.6. The zero-order valence-electron chi connectivity index (χ0n) is 20.9. The Bertz CT molecular complexity index is 1470. The van der Waals surface area contributed by atoms with Gasteiger partial charge in [0.15, 0.2) is 18.1 Å². The third-order valence-corrected chi connectivity index (χ3v) is 6.15. The summed E-state index contributed by atoms with van der Waals surface area (Å²) in [5.41, 5.74) is 4.24. The SMILES string of the molecule is CCOc1cc(/C=N\NC(=O)c2cc3ccccc3cc2OC)c(Br)cc1OCC(=O)Nc1ccccc1. The summed E-state index contributed by atoms with van der Waals surface area (Å²) >= 11 is 3.50. The summed E-state index contributed by atoms with van der Waals surface area (Å²) in [5, 5.41) is 8.77. The normalized spacial score (nSPS) is 10.8. The summed E-state index contributed by atoms with van der Waals surface area (Å²) in [5.74, 6) is 0.576. The fourth-order valence-electron chi connectivity index (χ4n) is 3.68. The highest BCUT2D eigenvalue weighted by Gasteiger charge is 2.15. The van der Waals surface area contributed by atoms with Crippen LogP contribution in [0.25, 0.3) is 10.8 Å². The molecule has 38 heavy (non-hydrogen) atoms. The van der Waals surface area contributed by atoms with Gasteiger partial charge in [-0.05, 0) is 70.0 Å². The topological polar surface area (TPSA) is 98.2 Å². The Labute approximate surface area is 228 Å². The van der Waals surface area contributed by atoms with Crippen LogP contribution in [-0.4, -0.2) is 38.4 Å². The summed E-state index contributed by atoms with van der Waals surface area (Å²) in [4.78, 5) is 25.1. The lowest BCUT2D eigenvalue weighted by atomic mass is 10.1. The van der Waals surface area contributed by atoms with Crippen molar-refractivity contribution in [3.8, 4) is 17.2 Å². The maximum Gasteiger partial charge on any atom is 0.275 e. The van der Waals surface area contributed by atoms with Gasteiger partial charge < -0.3 is 19.5 Å². The number of benzene rings is 4. The molecule has 4 rings (SSSR count). The number of halogens is 1. The van der Waals surface area contributed by atoms with Crippen molar-refractivity contribution >= 4 is 50.4 Å². The number of ether oxygens (including phenoxy) is 3. The number of methoxy groups -OCH3 is 1. The molecule has 0 fully saturated rings. The number of amides is 2. The van der Waals surface area contributed by atoms with E-state index in [-0.39, 0.29) is 12.5 Å². The summed E-state index contributed by atoms with van der Waals surface area (Å²) in [6.07, 6.45) is 1.49. The molecule has 4 aromatic rings. The Morgan fingerprint density at radius 2 is 1.58 bits per heavy atom. The fourth-order valence-corrected chi connectivity index (χ4v) is 4.10. The molecule has 2 amide bonds. The zero-order valence-corrected chi connectivity index (χ0v) is 22.4. The third-order valence-electron chi connectivity index (χ3n) is 5.46. The Morgan fingerprint density at radius 1 is 0.895 bits per heavy atom. The van der Waals surface area contributed by atoms with Crippen molar-refractivity contribution in [3.63, 3.8) is 0 Å². The number of anilines is 1. The minimum absolute atomic E-state index is 0.196. The van der Waals surface area contributed by atoms with Crippen LogP contribution in [0.15, 0.2) is 88.4 Å². The van der Waals surface area contributed by atoms with Gasteiger partial charge in [-0.1, -0.05) is 42.5 Å². The van der Waals surface area contributed by atoms with Gasteiger partial charge in [0.1, 0.15) is 5.75 Å². The van der Waals surface area contributed by atoms with Gasteiger partial charge in [-0.15, -0.1) is 0 Å². The standard InChI is InChI=1S/C29H26BrN3O5/c1-3-37-26-15-21(24(30)16-27(26)38-18-28(34)32-22-11-5-4-6-12-22)17-31-33-29(35)23-13-19-9-7-8-10-20(19)14-25(23)36-2/h4-17H,3,18H2,1-2H3,(H,32,34)(H,33,35)/b31-17-. The molecule has 0 atom stereocenters. The monoisotopic (exact) mass is 575 g/mol. The summed E-state index contributed by atoms with van der Waals surface area (Å²) in [7, 11) is 1.52. The maximum absolute atomic E-state index is 12.8. The van der Waals surface area contributed by atoms with E-state index in [0.29, 0.717) is 45.1 Å². The van der Waals surface area contributed by atoms with Crippen LogP contribution in [0.1, 0.15) is 22.8 Å². The van der Waals surface area contributed by atoms with E-state index in [2.05, 4.69) is 31.8 Å². The lowest BCUT2D eigenvalue weighted by Gasteiger charge is -2.14. The van der Waals surface area contributed by atoms with Crippen LogP contribution in [0.5, 0.6) is 17.2 Å². The highest BCUT2D eigenvalue weighted by atomic mass is 79.9. The second-order valence-electron chi connectivity index (χ2n) is 8.06. The van der Waals surface area contributed by atoms with Gasteiger partial charge >= 0.3 is 0 Å². The molecule has 0 aliphatic heterocycles. The van der Waals surface area contributed by atoms with Gasteiger partial charge in [-0.3, -0.25) is 9.59 Å². The molecule has 194 valence electrons. The van der Waals surface area contributed by atoms with Crippen molar-refractivity contribution in [2.75, 3.05) is 25.6 Å². The maximum atomic E-state index is 12.8. The number of hydrazone groups is 1. The van der Waals surface area contributed by atoms with E-state index >= 15 is 0 Å². The minimum atomic E-state index is -0.408. The van der Waals surface area contributed by atoms with E-state index in [9.17, 15) is 9.59 Å². The number of para-hydroxylation sites is 1. The number of carbonyl (C=O) groups excluding carboxylic acids is 2. The summed E-state index contributed by atoms with van der Waals surface area (Å²) in [6.45, 7) is 2.04. The second kappa shape index (κ2) is 12.7. The van der Waals surface area contributed by atoms with Gasteiger partial charge in [-0.2, -0.15) is 5.10 Å². The van der Waals surface area contributed by atoms with E-state index in [1.807, 2.05) is 55.5 Å². The number of hydrogen-bond acceptors (Lipinski definition) is 6. The van der Waals surface area contributed by atoms with Gasteiger partial charge in [0, 0.05) is 15.7 Å². The van der Waals surface area contributed by atoms with Crippen molar-refractivity contribution in [1.29, 1.82) is 0 Å². The number of fused-ring (bicyclic) bond motifs is 1. The van der Waals surface area contributed by atoms with Crippen LogP contribution in [0.3, 0.4) is 0 Å². The molecule has 0 aliphatic carbocycles. The molecule has 0 saturated heterocycles. The number of carbonyl (C=O) groups is 2. The van der Waals surface area contributed by atoms with Gasteiger partial charge in [-0.25, -0.2) is 5.43 Å². The lowest BCUT2D eigenvalue weighted by molar-refractivity contribution is -0.118. The van der Waals surface area contributed by atoms with Crippen molar-refractivity contribution in [2.45, 2.75) is 6.92 Å². The third kappa shape index (κ3) is 6.68. The van der Waals surface area contributed by atoms with E-state index in [4.69, 9.17) is 14.2 Å². The van der Waals surface area contributed by atoms with E-state index in [1.165, 1.54) is 13.3 Å². The van der Waals surface area contributed by atoms with Crippen LogP contribution in [0.4, 0.5) is 5.69 Å². The molecule has 0 heterocycles. The molecule has 0 saturated carbocycles. The smallest absolute Gasteiger partial charge is 0.275 e. The summed E-state index contributed by atoms with van der Waals surface area (Å²) in [6, 6.07) is 23.8. The fraction of sp³-hybridized carbons (Fsp3) is 0.138. The first-order valence-electron chi connectivity index (χ1n) is 11.8. The predicted molar refractivity (Wildman–Crippen MR) is 151 cm³/mol. The molecule has 2 N–H and O–H groups in total.